The molecule has 2 aromatic carbocycles. The number of nitrogens with zero attached hydrogens (tertiary/aromatic N) is 1. The standard InChI is InChI=1S/C25H25NO2/c1-16-21(24(28)18-12-8-5-9-13-18)22(17-10-6-4-7-11-17)23-19(26-16)14-25(2,3)15-20(23)27/h4-13,21-22H,14-15H2,1-3H3/t21?,22-/m1/s1. The Morgan fingerprint density at radius 2 is 1.57 bits per heavy atom. The Morgan fingerprint density at radius 1 is 0.964 bits per heavy atom. The molecule has 1 unspecified atom stereocenters. The highest BCUT2D eigenvalue weighted by Crippen LogP contribution is 2.48. The normalized spacial score (nSPS) is 23.8. The van der Waals surface area contributed by atoms with Crippen molar-refractivity contribution in [1.29, 1.82) is 0 Å². The van der Waals surface area contributed by atoms with E-state index in [0.717, 1.165) is 29.0 Å². The average Bonchev–Trinajstić information content (AvgIpc) is 2.67. The van der Waals surface area contributed by atoms with Gasteiger partial charge in [0.1, 0.15) is 0 Å². The van der Waals surface area contributed by atoms with Gasteiger partial charge in [0.25, 0.3) is 0 Å². The number of hydrogen-bond donors (Lipinski definition) is 0. The Labute approximate surface area is 166 Å². The zero-order valence-electron chi connectivity index (χ0n) is 16.6. The van der Waals surface area contributed by atoms with E-state index in [4.69, 9.17) is 4.99 Å². The van der Waals surface area contributed by atoms with E-state index in [9.17, 15) is 9.59 Å². The molecular weight excluding hydrogens is 346 g/mol. The Bertz CT molecular complexity index is 984. The fraction of sp³-hybridized carbons (Fsp3) is 0.320. The lowest BCUT2D eigenvalue weighted by atomic mass is 9.65. The number of Topliss-reactive ketones (excluding diaryl/α,β-unsaturated/α-hetero) is 2. The second-order valence-electron chi connectivity index (χ2n) is 8.65. The molecule has 4 rings (SSSR count). The number of allylic oxidation sites excluding steroid dienone is 2. The van der Waals surface area contributed by atoms with E-state index in [2.05, 4.69) is 13.8 Å². The number of carbonyl (C=O) groups excluding carboxylic acids is 2. The summed E-state index contributed by atoms with van der Waals surface area (Å²) in [5.41, 5.74) is 3.97. The lowest BCUT2D eigenvalue weighted by Gasteiger charge is -2.39. The number of benzene rings is 2. The van der Waals surface area contributed by atoms with Crippen LogP contribution in [0.1, 0.15) is 55.5 Å². The summed E-state index contributed by atoms with van der Waals surface area (Å²) >= 11 is 0. The highest BCUT2D eigenvalue weighted by Gasteiger charge is 2.45. The van der Waals surface area contributed by atoms with Gasteiger partial charge in [0, 0.05) is 34.9 Å². The SMILES string of the molecule is CC1=NC2=C(C(=O)CC(C)(C)C2)[C@H](c2ccccc2)C1C(=O)c1ccccc1. The van der Waals surface area contributed by atoms with Crippen molar-refractivity contribution >= 4 is 17.3 Å². The minimum absolute atomic E-state index is 0.0277. The third-order valence-corrected chi connectivity index (χ3v) is 5.80. The maximum atomic E-state index is 13.5. The molecule has 2 atom stereocenters. The maximum absolute atomic E-state index is 13.5. The summed E-state index contributed by atoms with van der Waals surface area (Å²) in [7, 11) is 0. The van der Waals surface area contributed by atoms with Crippen LogP contribution in [0.3, 0.4) is 0 Å². The molecule has 3 heteroatoms. The van der Waals surface area contributed by atoms with Crippen LogP contribution in [0.5, 0.6) is 0 Å². The summed E-state index contributed by atoms with van der Waals surface area (Å²) in [5, 5.41) is 0. The fourth-order valence-corrected chi connectivity index (χ4v) is 4.59. The molecule has 2 aliphatic rings. The first kappa shape index (κ1) is 18.5. The molecule has 0 saturated carbocycles. The molecule has 28 heavy (non-hydrogen) atoms. The van der Waals surface area contributed by atoms with Crippen molar-refractivity contribution in [3.05, 3.63) is 83.1 Å². The Balaban J connectivity index is 1.88. The van der Waals surface area contributed by atoms with Crippen molar-refractivity contribution in [2.75, 3.05) is 0 Å². The highest BCUT2D eigenvalue weighted by molar-refractivity contribution is 6.15. The molecule has 1 aliphatic heterocycles. The van der Waals surface area contributed by atoms with Crippen LogP contribution in [0.2, 0.25) is 0 Å². The number of ketones is 2. The quantitative estimate of drug-likeness (QED) is 0.679. The molecule has 0 fully saturated rings. The van der Waals surface area contributed by atoms with Gasteiger partial charge in [-0.15, -0.1) is 0 Å². The molecule has 1 heterocycles. The van der Waals surface area contributed by atoms with Crippen LogP contribution in [-0.4, -0.2) is 17.3 Å². The second kappa shape index (κ2) is 6.97. The number of aliphatic imine (C=N–C) groups is 1. The van der Waals surface area contributed by atoms with E-state index in [1.807, 2.05) is 67.6 Å². The van der Waals surface area contributed by atoms with E-state index in [0.29, 0.717) is 12.0 Å². The van der Waals surface area contributed by atoms with Gasteiger partial charge in [-0.2, -0.15) is 0 Å². The monoisotopic (exact) mass is 371 g/mol. The van der Waals surface area contributed by atoms with Gasteiger partial charge in [-0.05, 0) is 24.3 Å². The van der Waals surface area contributed by atoms with Crippen molar-refractivity contribution in [2.24, 2.45) is 16.3 Å². The first-order valence-electron chi connectivity index (χ1n) is 9.83. The first-order valence-corrected chi connectivity index (χ1v) is 9.83. The molecule has 2 aromatic rings. The minimum Gasteiger partial charge on any atom is -0.294 e. The molecule has 0 saturated heterocycles. The Morgan fingerprint density at radius 3 is 2.21 bits per heavy atom. The lowest BCUT2D eigenvalue weighted by Crippen LogP contribution is -2.38. The largest absolute Gasteiger partial charge is 0.294 e. The van der Waals surface area contributed by atoms with E-state index >= 15 is 0 Å². The molecule has 142 valence electrons. The predicted octanol–water partition coefficient (Wildman–Crippen LogP) is 5.39. The summed E-state index contributed by atoms with van der Waals surface area (Å²) in [5.74, 6) is -0.569. The van der Waals surface area contributed by atoms with E-state index < -0.39 is 5.92 Å². The molecular formula is C25H25NO2. The van der Waals surface area contributed by atoms with Gasteiger partial charge in [-0.1, -0.05) is 74.5 Å². The zero-order valence-corrected chi connectivity index (χ0v) is 16.6. The number of carbonyl (C=O) groups is 2. The molecule has 3 nitrogen and oxygen atoms in total. The lowest BCUT2D eigenvalue weighted by molar-refractivity contribution is -0.118. The van der Waals surface area contributed by atoms with Gasteiger partial charge in [-0.3, -0.25) is 14.6 Å². The van der Waals surface area contributed by atoms with Gasteiger partial charge in [0.05, 0.1) is 5.92 Å². The van der Waals surface area contributed by atoms with Crippen molar-refractivity contribution < 1.29 is 9.59 Å². The van der Waals surface area contributed by atoms with E-state index in [1.165, 1.54) is 0 Å². The van der Waals surface area contributed by atoms with Gasteiger partial charge in [-0.25, -0.2) is 0 Å². The molecule has 0 N–H and O–H groups in total. The fourth-order valence-electron chi connectivity index (χ4n) is 4.59. The Kier molecular flexibility index (Phi) is 4.62. The van der Waals surface area contributed by atoms with Crippen LogP contribution >= 0.6 is 0 Å². The molecule has 1 aliphatic carbocycles. The second-order valence-corrected chi connectivity index (χ2v) is 8.65. The minimum atomic E-state index is -0.450. The van der Waals surface area contributed by atoms with Crippen LogP contribution in [0.15, 0.2) is 76.9 Å². The molecule has 0 bridgehead atoms. The van der Waals surface area contributed by atoms with Gasteiger partial charge in [0.2, 0.25) is 0 Å². The molecule has 0 amide bonds. The van der Waals surface area contributed by atoms with E-state index in [1.54, 1.807) is 0 Å². The highest BCUT2D eigenvalue weighted by atomic mass is 16.1. The molecule has 0 aromatic heterocycles. The van der Waals surface area contributed by atoms with Crippen molar-refractivity contribution in [1.82, 2.24) is 0 Å². The van der Waals surface area contributed by atoms with Gasteiger partial charge >= 0.3 is 0 Å². The summed E-state index contributed by atoms with van der Waals surface area (Å²) < 4.78 is 0. The first-order chi connectivity index (χ1) is 13.4. The topological polar surface area (TPSA) is 46.5 Å². The van der Waals surface area contributed by atoms with Gasteiger partial charge in [0.15, 0.2) is 11.6 Å². The number of hydrogen-bond acceptors (Lipinski definition) is 3. The summed E-state index contributed by atoms with van der Waals surface area (Å²) in [6.45, 7) is 6.15. The Hall–Kier alpha value is -2.81. The number of rotatable bonds is 3. The van der Waals surface area contributed by atoms with Gasteiger partial charge < -0.3 is 0 Å². The smallest absolute Gasteiger partial charge is 0.172 e. The van der Waals surface area contributed by atoms with E-state index in [-0.39, 0.29) is 22.9 Å². The van der Waals surface area contributed by atoms with Crippen molar-refractivity contribution in [3.63, 3.8) is 0 Å². The van der Waals surface area contributed by atoms with Crippen LogP contribution in [0.4, 0.5) is 0 Å². The van der Waals surface area contributed by atoms with Crippen LogP contribution in [-0.2, 0) is 4.79 Å². The third-order valence-electron chi connectivity index (χ3n) is 5.80. The average molecular weight is 371 g/mol. The zero-order chi connectivity index (χ0) is 19.9. The van der Waals surface area contributed by atoms with Crippen LogP contribution in [0.25, 0.3) is 0 Å². The van der Waals surface area contributed by atoms with Crippen LogP contribution in [0, 0.1) is 11.3 Å². The third kappa shape index (κ3) is 3.26. The summed E-state index contributed by atoms with van der Waals surface area (Å²) in [6.07, 6.45) is 1.26. The molecule has 0 radical (unpaired) electrons. The summed E-state index contributed by atoms with van der Waals surface area (Å²) in [6, 6.07) is 19.3. The van der Waals surface area contributed by atoms with Crippen molar-refractivity contribution in [3.8, 4) is 0 Å². The molecule has 0 spiro atoms. The predicted molar refractivity (Wildman–Crippen MR) is 112 cm³/mol. The van der Waals surface area contributed by atoms with Crippen LogP contribution < -0.4 is 0 Å². The van der Waals surface area contributed by atoms with Crippen molar-refractivity contribution in [2.45, 2.75) is 39.5 Å². The summed E-state index contributed by atoms with van der Waals surface area (Å²) in [4.78, 5) is 31.5. The maximum Gasteiger partial charge on any atom is 0.172 e.